The third-order valence-corrected chi connectivity index (χ3v) is 5.67. The predicted octanol–water partition coefficient (Wildman–Crippen LogP) is 2.53. The largest absolute Gasteiger partial charge is 0.444 e. The summed E-state index contributed by atoms with van der Waals surface area (Å²) in [4.78, 5) is 27.5. The number of oxime groups is 1. The molecule has 1 amide bonds. The van der Waals surface area contributed by atoms with E-state index in [-0.39, 0.29) is 24.0 Å². The molecule has 4 N–H and O–H groups in total. The maximum absolute atomic E-state index is 15.0. The number of hydrogen-bond donors (Lipinski definition) is 3. The first kappa shape index (κ1) is 26.2. The van der Waals surface area contributed by atoms with Crippen molar-refractivity contribution in [1.29, 1.82) is 5.41 Å². The average Bonchev–Trinajstić information content (AvgIpc) is 2.87. The molecule has 0 spiro atoms. The zero-order chi connectivity index (χ0) is 26.0. The van der Waals surface area contributed by atoms with Gasteiger partial charge in [-0.1, -0.05) is 23.4 Å². The van der Waals surface area contributed by atoms with E-state index in [2.05, 4.69) is 15.1 Å². The van der Waals surface area contributed by atoms with E-state index in [1.54, 1.807) is 12.1 Å². The lowest BCUT2D eigenvalue weighted by molar-refractivity contribution is -0.164. The molecule has 1 aromatic heterocycles. The number of anilines is 1. The molecular weight excluding hydrogens is 485 g/mol. The van der Waals surface area contributed by atoms with E-state index in [0.29, 0.717) is 37.8 Å². The number of nitrogens with zero attached hydrogens (tertiary/aromatic N) is 4. The number of amides is 1. The fraction of sp³-hybridized carbons (Fsp3) is 0.458. The first-order valence-electron chi connectivity index (χ1n) is 12.0. The lowest BCUT2D eigenvalue weighted by Crippen LogP contribution is -2.48. The van der Waals surface area contributed by atoms with Crippen LogP contribution in [0.1, 0.15) is 31.2 Å². The highest BCUT2D eigenvalue weighted by Crippen LogP contribution is 2.26. The lowest BCUT2D eigenvalue weighted by Gasteiger charge is -2.31. The Morgan fingerprint density at radius 1 is 1.27 bits per heavy atom. The van der Waals surface area contributed by atoms with E-state index in [0.717, 1.165) is 38.0 Å². The molecule has 1 atom stereocenters. The second kappa shape index (κ2) is 12.9. The van der Waals surface area contributed by atoms with Gasteiger partial charge >= 0.3 is 6.09 Å². The number of carbonyl (C=O) groups is 1. The summed E-state index contributed by atoms with van der Waals surface area (Å²) in [5.41, 5.74) is 6.87. The second-order valence-electron chi connectivity index (χ2n) is 8.53. The van der Waals surface area contributed by atoms with Gasteiger partial charge in [0, 0.05) is 42.1 Å². The van der Waals surface area contributed by atoms with Gasteiger partial charge in [-0.25, -0.2) is 19.2 Å². The van der Waals surface area contributed by atoms with Gasteiger partial charge in [0.15, 0.2) is 12.2 Å². The Bertz CT molecular complexity index is 1100. The number of nitrogens with one attached hydrogen (secondary N) is 2. The number of aromatic nitrogens is 2. The predicted molar refractivity (Wildman–Crippen MR) is 132 cm³/mol. The summed E-state index contributed by atoms with van der Waals surface area (Å²) < 4.78 is 31.0. The smallest absolute Gasteiger partial charge is 0.414 e. The molecule has 0 radical (unpaired) electrons. The van der Waals surface area contributed by atoms with Crippen molar-refractivity contribution >= 4 is 23.7 Å². The van der Waals surface area contributed by atoms with Crippen molar-refractivity contribution in [3.63, 3.8) is 0 Å². The minimum Gasteiger partial charge on any atom is -0.444 e. The monoisotopic (exact) mass is 515 g/mol. The van der Waals surface area contributed by atoms with Crippen LogP contribution in [0.2, 0.25) is 0 Å². The molecular formula is C24H30FN7O5. The van der Waals surface area contributed by atoms with Crippen LogP contribution >= 0.6 is 0 Å². The number of ether oxygens (including phenoxy) is 3. The first-order chi connectivity index (χ1) is 18.0. The van der Waals surface area contributed by atoms with E-state index >= 15 is 0 Å². The zero-order valence-electron chi connectivity index (χ0n) is 20.3. The number of hydrogen-bond acceptors (Lipinski definition) is 10. The average molecular weight is 516 g/mol. The van der Waals surface area contributed by atoms with Crippen LogP contribution < -0.4 is 16.0 Å². The Morgan fingerprint density at radius 2 is 2.08 bits per heavy atom. The number of guanidine groups is 1. The molecule has 0 aliphatic carbocycles. The van der Waals surface area contributed by atoms with Gasteiger partial charge in [0.2, 0.25) is 5.95 Å². The fourth-order valence-electron chi connectivity index (χ4n) is 3.74. The minimum atomic E-state index is -0.938. The molecule has 37 heavy (non-hydrogen) atoms. The van der Waals surface area contributed by atoms with Crippen molar-refractivity contribution in [2.45, 2.75) is 38.6 Å². The van der Waals surface area contributed by atoms with E-state index in [1.165, 1.54) is 18.5 Å². The normalized spacial score (nSPS) is 17.1. The van der Waals surface area contributed by atoms with Crippen LogP contribution in [0.3, 0.4) is 0 Å². The summed E-state index contributed by atoms with van der Waals surface area (Å²) >= 11 is 0. The Morgan fingerprint density at radius 3 is 2.81 bits per heavy atom. The maximum atomic E-state index is 15.0. The SMILES string of the molecule is N=C(N)NC(=O)OCc1cccc(-c2cnc(N3CC(=NOCCCOC4CCCCO4)C3)nc2)c1F. The third-order valence-electron chi connectivity index (χ3n) is 5.67. The standard InChI is InChI=1S/C24H30FN7O5/c25-21-16(15-36-24(33)30-22(26)27)5-3-6-19(21)17-11-28-23(29-12-17)32-13-18(14-32)31-37-10-4-9-35-20-7-1-2-8-34-20/h3,5-6,11-12,20H,1-2,4,7-10,13-15H2,(H4,26,27,30,33). The molecule has 2 aromatic rings. The zero-order valence-corrected chi connectivity index (χ0v) is 20.3. The highest BCUT2D eigenvalue weighted by atomic mass is 19.1. The van der Waals surface area contributed by atoms with Crippen LogP contribution in [0.5, 0.6) is 0 Å². The molecule has 2 fully saturated rings. The van der Waals surface area contributed by atoms with Crippen molar-refractivity contribution in [3.8, 4) is 11.1 Å². The summed E-state index contributed by atoms with van der Waals surface area (Å²) in [5, 5.41) is 13.1. The van der Waals surface area contributed by atoms with Crippen molar-refractivity contribution in [2.75, 3.05) is 37.8 Å². The summed E-state index contributed by atoms with van der Waals surface area (Å²) in [6.07, 6.45) is 5.97. The van der Waals surface area contributed by atoms with Crippen LogP contribution in [0.4, 0.5) is 15.1 Å². The summed E-state index contributed by atoms with van der Waals surface area (Å²) in [6, 6.07) is 4.73. The number of benzene rings is 1. The number of alkyl carbamates (subject to hydrolysis) is 1. The highest BCUT2D eigenvalue weighted by Gasteiger charge is 2.25. The van der Waals surface area contributed by atoms with Crippen LogP contribution in [0.25, 0.3) is 11.1 Å². The molecule has 0 saturated carbocycles. The molecule has 2 aliphatic heterocycles. The van der Waals surface area contributed by atoms with Crippen LogP contribution in [-0.2, 0) is 25.7 Å². The van der Waals surface area contributed by atoms with Gasteiger partial charge in [-0.2, -0.15) is 0 Å². The van der Waals surface area contributed by atoms with Gasteiger partial charge < -0.3 is 29.7 Å². The Labute approximate surface area is 213 Å². The second-order valence-corrected chi connectivity index (χ2v) is 8.53. The van der Waals surface area contributed by atoms with Gasteiger partial charge in [0.05, 0.1) is 25.4 Å². The van der Waals surface area contributed by atoms with Crippen molar-refractivity contribution in [2.24, 2.45) is 10.9 Å². The molecule has 2 saturated heterocycles. The van der Waals surface area contributed by atoms with Gasteiger partial charge in [0.1, 0.15) is 19.0 Å². The first-order valence-corrected chi connectivity index (χ1v) is 12.0. The van der Waals surface area contributed by atoms with E-state index in [1.807, 2.05) is 10.2 Å². The maximum Gasteiger partial charge on any atom is 0.414 e. The number of rotatable bonds is 10. The molecule has 4 rings (SSSR count). The molecule has 1 aromatic carbocycles. The molecule has 3 heterocycles. The van der Waals surface area contributed by atoms with Crippen molar-refractivity contribution in [3.05, 3.63) is 42.0 Å². The van der Waals surface area contributed by atoms with Gasteiger partial charge in [-0.15, -0.1) is 0 Å². The molecule has 1 unspecified atom stereocenters. The van der Waals surface area contributed by atoms with E-state index in [4.69, 9.17) is 30.2 Å². The third kappa shape index (κ3) is 7.57. The van der Waals surface area contributed by atoms with E-state index < -0.39 is 17.9 Å². The minimum absolute atomic E-state index is 0.0899. The summed E-state index contributed by atoms with van der Waals surface area (Å²) in [6.45, 7) is 2.59. The van der Waals surface area contributed by atoms with Crippen LogP contribution in [-0.4, -0.2) is 66.9 Å². The molecule has 12 nitrogen and oxygen atoms in total. The number of nitrogens with two attached hydrogens (primary N) is 1. The van der Waals surface area contributed by atoms with Gasteiger partial charge in [-0.3, -0.25) is 10.7 Å². The number of carbonyl (C=O) groups excluding carboxylic acids is 1. The van der Waals surface area contributed by atoms with Crippen molar-refractivity contribution < 1.29 is 28.2 Å². The highest BCUT2D eigenvalue weighted by molar-refractivity contribution is 5.98. The quantitative estimate of drug-likeness (QED) is 0.187. The van der Waals surface area contributed by atoms with Crippen LogP contribution in [0, 0.1) is 11.2 Å². The summed E-state index contributed by atoms with van der Waals surface area (Å²) in [7, 11) is 0. The van der Waals surface area contributed by atoms with Gasteiger partial charge in [0.25, 0.3) is 0 Å². The fourth-order valence-corrected chi connectivity index (χ4v) is 3.74. The molecule has 2 aliphatic rings. The Hall–Kier alpha value is -3.84. The molecule has 13 heteroatoms. The lowest BCUT2D eigenvalue weighted by atomic mass is 10.1. The summed E-state index contributed by atoms with van der Waals surface area (Å²) in [5.74, 6) is -0.610. The number of halogens is 1. The Kier molecular flexibility index (Phi) is 9.16. The Balaban J connectivity index is 1.21. The topological polar surface area (TPSA) is 157 Å². The molecule has 0 bridgehead atoms. The van der Waals surface area contributed by atoms with Crippen LogP contribution in [0.15, 0.2) is 35.7 Å². The van der Waals surface area contributed by atoms with Crippen molar-refractivity contribution in [1.82, 2.24) is 15.3 Å². The molecule has 198 valence electrons. The van der Waals surface area contributed by atoms with Gasteiger partial charge in [-0.05, 0) is 19.3 Å². The van der Waals surface area contributed by atoms with E-state index in [9.17, 15) is 9.18 Å².